The summed E-state index contributed by atoms with van der Waals surface area (Å²) in [6.45, 7) is 5.58. The number of alkyl carbamates (subject to hydrolysis) is 1. The molecule has 210 valence electrons. The quantitative estimate of drug-likeness (QED) is 0.363. The van der Waals surface area contributed by atoms with E-state index in [1.165, 1.54) is 12.1 Å². The van der Waals surface area contributed by atoms with Crippen molar-refractivity contribution in [1.29, 1.82) is 0 Å². The summed E-state index contributed by atoms with van der Waals surface area (Å²) in [5, 5.41) is 24.5. The zero-order valence-corrected chi connectivity index (χ0v) is 22.6. The third-order valence-corrected chi connectivity index (χ3v) is 6.36. The summed E-state index contributed by atoms with van der Waals surface area (Å²) in [4.78, 5) is 52.5. The van der Waals surface area contributed by atoms with Crippen molar-refractivity contribution in [2.24, 2.45) is 0 Å². The van der Waals surface area contributed by atoms with Crippen LogP contribution in [0.1, 0.15) is 51.2 Å². The van der Waals surface area contributed by atoms with Crippen LogP contribution in [0.4, 0.5) is 4.79 Å². The number of phenols is 1. The Morgan fingerprint density at radius 1 is 0.949 bits per heavy atom. The van der Waals surface area contributed by atoms with E-state index in [0.717, 1.165) is 11.1 Å². The topological polar surface area (TPSA) is 145 Å². The molecule has 10 heteroatoms. The number of carbonyl (C=O) groups excluding carboxylic acids is 3. The first-order valence-corrected chi connectivity index (χ1v) is 13.1. The lowest BCUT2D eigenvalue weighted by Crippen LogP contribution is -2.53. The van der Waals surface area contributed by atoms with Crippen molar-refractivity contribution in [3.63, 3.8) is 0 Å². The summed E-state index contributed by atoms with van der Waals surface area (Å²) in [7, 11) is 0. The first-order chi connectivity index (χ1) is 18.4. The fourth-order valence-corrected chi connectivity index (χ4v) is 4.57. The molecular formula is C29H37N3O7. The second-order valence-corrected chi connectivity index (χ2v) is 10.7. The number of benzene rings is 2. The highest BCUT2D eigenvalue weighted by Crippen LogP contribution is 2.23. The Morgan fingerprint density at radius 2 is 1.56 bits per heavy atom. The van der Waals surface area contributed by atoms with Crippen LogP contribution in [0.15, 0.2) is 54.6 Å². The van der Waals surface area contributed by atoms with Gasteiger partial charge in [-0.25, -0.2) is 9.59 Å². The van der Waals surface area contributed by atoms with E-state index in [0.29, 0.717) is 19.4 Å². The van der Waals surface area contributed by atoms with Crippen LogP contribution in [0.5, 0.6) is 5.75 Å². The number of carboxylic acid groups (broad SMARTS) is 1. The lowest BCUT2D eigenvalue weighted by Gasteiger charge is -2.30. The maximum Gasteiger partial charge on any atom is 0.408 e. The molecular weight excluding hydrogens is 502 g/mol. The maximum atomic E-state index is 13.7. The molecule has 0 radical (unpaired) electrons. The van der Waals surface area contributed by atoms with Crippen LogP contribution in [0.3, 0.4) is 0 Å². The van der Waals surface area contributed by atoms with Crippen LogP contribution in [0.2, 0.25) is 0 Å². The highest BCUT2D eigenvalue weighted by Gasteiger charge is 2.36. The molecule has 39 heavy (non-hydrogen) atoms. The van der Waals surface area contributed by atoms with Crippen molar-refractivity contribution >= 4 is 23.9 Å². The van der Waals surface area contributed by atoms with Gasteiger partial charge in [0, 0.05) is 31.8 Å². The van der Waals surface area contributed by atoms with E-state index in [9.17, 15) is 29.4 Å². The summed E-state index contributed by atoms with van der Waals surface area (Å²) in [5.41, 5.74) is 0.749. The Morgan fingerprint density at radius 3 is 2.18 bits per heavy atom. The third kappa shape index (κ3) is 9.31. The van der Waals surface area contributed by atoms with Gasteiger partial charge >= 0.3 is 12.1 Å². The smallest absolute Gasteiger partial charge is 0.408 e. The number of carboxylic acids is 1. The monoisotopic (exact) mass is 539 g/mol. The molecule has 1 fully saturated rings. The number of rotatable bonds is 10. The van der Waals surface area contributed by atoms with E-state index in [1.54, 1.807) is 62.1 Å². The van der Waals surface area contributed by atoms with Gasteiger partial charge in [-0.15, -0.1) is 0 Å². The summed E-state index contributed by atoms with van der Waals surface area (Å²) in [5.74, 6) is -1.87. The molecule has 10 nitrogen and oxygen atoms in total. The molecule has 1 aliphatic heterocycles. The highest BCUT2D eigenvalue weighted by atomic mass is 16.6. The fraction of sp³-hybridized carbons (Fsp3) is 0.448. The minimum atomic E-state index is -1.14. The predicted molar refractivity (Wildman–Crippen MR) is 144 cm³/mol. The lowest BCUT2D eigenvalue weighted by atomic mass is 10.0. The van der Waals surface area contributed by atoms with Crippen LogP contribution < -0.4 is 10.6 Å². The largest absolute Gasteiger partial charge is 0.508 e. The molecule has 0 saturated carbocycles. The van der Waals surface area contributed by atoms with Crippen molar-refractivity contribution in [3.8, 4) is 5.75 Å². The van der Waals surface area contributed by atoms with Crippen LogP contribution >= 0.6 is 0 Å². The van der Waals surface area contributed by atoms with Crippen LogP contribution in [-0.2, 0) is 32.0 Å². The molecule has 3 rings (SSSR count). The molecule has 3 atom stereocenters. The van der Waals surface area contributed by atoms with Crippen LogP contribution in [0, 0.1) is 0 Å². The van der Waals surface area contributed by atoms with Crippen molar-refractivity contribution in [2.45, 2.75) is 76.6 Å². The highest BCUT2D eigenvalue weighted by molar-refractivity contribution is 5.88. The fourth-order valence-electron chi connectivity index (χ4n) is 4.57. The molecule has 2 aromatic rings. The molecule has 1 saturated heterocycles. The van der Waals surface area contributed by atoms with E-state index in [4.69, 9.17) is 4.74 Å². The van der Waals surface area contributed by atoms with Gasteiger partial charge in [0.05, 0.1) is 0 Å². The normalized spacial score (nSPS) is 16.7. The van der Waals surface area contributed by atoms with Gasteiger partial charge in [0.1, 0.15) is 23.4 Å². The average molecular weight is 540 g/mol. The molecule has 1 heterocycles. The number of hydrogen-bond donors (Lipinski definition) is 4. The summed E-state index contributed by atoms with van der Waals surface area (Å²) in [6, 6.07) is 12.9. The summed E-state index contributed by atoms with van der Waals surface area (Å²) in [6.07, 6.45) is 0.763. The summed E-state index contributed by atoms with van der Waals surface area (Å²) < 4.78 is 5.36. The number of aromatic hydroxyl groups is 1. The number of ether oxygens (including phenoxy) is 1. The Balaban J connectivity index is 1.69. The Hall–Kier alpha value is -4.08. The first kappa shape index (κ1) is 29.5. The van der Waals surface area contributed by atoms with Crippen LogP contribution in [-0.4, -0.2) is 69.3 Å². The molecule has 0 aromatic heterocycles. The number of carbonyl (C=O) groups is 4. The average Bonchev–Trinajstić information content (AvgIpc) is 3.31. The zero-order valence-electron chi connectivity index (χ0n) is 22.6. The van der Waals surface area contributed by atoms with E-state index < -0.39 is 41.7 Å². The molecule has 0 aliphatic carbocycles. The number of phenolic OH excluding ortho intramolecular Hbond substituents is 1. The number of likely N-dealkylation sites (tertiary alicyclic amines) is 1. The van der Waals surface area contributed by atoms with Crippen molar-refractivity contribution in [3.05, 3.63) is 65.7 Å². The third-order valence-electron chi connectivity index (χ3n) is 6.36. The molecule has 0 unspecified atom stereocenters. The van der Waals surface area contributed by atoms with Crippen molar-refractivity contribution in [2.75, 3.05) is 6.54 Å². The number of nitrogens with zero attached hydrogens (tertiary/aromatic N) is 1. The molecule has 3 amide bonds. The van der Waals surface area contributed by atoms with Crippen molar-refractivity contribution < 1.29 is 34.1 Å². The lowest BCUT2D eigenvalue weighted by molar-refractivity contribution is -0.142. The molecule has 1 aliphatic rings. The molecule has 0 spiro atoms. The summed E-state index contributed by atoms with van der Waals surface area (Å²) >= 11 is 0. The standard InChI is InChI=1S/C29H37N3O7/c1-29(2,3)39-28(38)31-23(16-20-11-13-22(33)14-12-20)26(35)32-15-7-10-21(32)18-25(34)30-24(27(36)37)17-19-8-5-4-6-9-19/h4-6,8-9,11-14,21,23-24,33H,7,10,15-18H2,1-3H3,(H,30,34)(H,31,38)(H,36,37)/t21-,23+,24+/m1/s1. The maximum absolute atomic E-state index is 13.7. The van der Waals surface area contributed by atoms with Gasteiger partial charge in [-0.2, -0.15) is 0 Å². The second-order valence-electron chi connectivity index (χ2n) is 10.7. The molecule has 0 bridgehead atoms. The Labute approximate surface area is 228 Å². The minimum Gasteiger partial charge on any atom is -0.508 e. The van der Waals surface area contributed by atoms with Gasteiger partial charge in [0.25, 0.3) is 0 Å². The number of aliphatic carboxylic acids is 1. The number of nitrogens with one attached hydrogen (secondary N) is 2. The van der Waals surface area contributed by atoms with E-state index in [-0.39, 0.29) is 30.9 Å². The predicted octanol–water partition coefficient (Wildman–Crippen LogP) is 3.02. The minimum absolute atomic E-state index is 0.0529. The number of hydrogen-bond acceptors (Lipinski definition) is 6. The Bertz CT molecular complexity index is 1150. The molecule has 4 N–H and O–H groups in total. The molecule has 2 aromatic carbocycles. The number of amides is 3. The van der Waals surface area contributed by atoms with E-state index >= 15 is 0 Å². The SMILES string of the molecule is CC(C)(C)OC(=O)N[C@@H](Cc1ccc(O)cc1)C(=O)N1CCC[C@@H]1CC(=O)N[C@@H](Cc1ccccc1)C(=O)O. The van der Waals surface area contributed by atoms with Gasteiger partial charge < -0.3 is 30.5 Å². The zero-order chi connectivity index (χ0) is 28.6. The van der Waals surface area contributed by atoms with Gasteiger partial charge in [-0.3, -0.25) is 9.59 Å². The van der Waals surface area contributed by atoms with Crippen LogP contribution in [0.25, 0.3) is 0 Å². The Kier molecular flexibility index (Phi) is 9.92. The van der Waals surface area contributed by atoms with Gasteiger partial charge in [-0.1, -0.05) is 42.5 Å². The van der Waals surface area contributed by atoms with Gasteiger partial charge in [0.15, 0.2) is 0 Å². The van der Waals surface area contributed by atoms with Gasteiger partial charge in [0.2, 0.25) is 11.8 Å². The van der Waals surface area contributed by atoms with Crippen molar-refractivity contribution in [1.82, 2.24) is 15.5 Å². The first-order valence-electron chi connectivity index (χ1n) is 13.1. The van der Waals surface area contributed by atoms with E-state index in [2.05, 4.69) is 10.6 Å². The van der Waals surface area contributed by atoms with E-state index in [1.807, 2.05) is 6.07 Å². The van der Waals surface area contributed by atoms with Gasteiger partial charge in [-0.05, 0) is 56.9 Å². The second kappa shape index (κ2) is 13.1.